The highest BCUT2D eigenvalue weighted by atomic mass is 79.9. The van der Waals surface area contributed by atoms with Gasteiger partial charge < -0.3 is 15.1 Å². The summed E-state index contributed by atoms with van der Waals surface area (Å²) in [5.41, 5.74) is 3.33. The van der Waals surface area contributed by atoms with E-state index < -0.39 is 5.91 Å². The van der Waals surface area contributed by atoms with E-state index in [1.165, 1.54) is 6.07 Å². The van der Waals surface area contributed by atoms with Crippen LogP contribution in [0.5, 0.6) is 0 Å². The smallest absolute Gasteiger partial charge is 0.287 e. The molecule has 1 unspecified atom stereocenters. The molecule has 0 saturated heterocycles. The molecular weight excluding hydrogens is 360 g/mol. The summed E-state index contributed by atoms with van der Waals surface area (Å²) in [4.78, 5) is 23.8. The number of carbonyl (C=O) groups is 2. The number of nitrogens with one attached hydrogen (secondary N) is 2. The van der Waals surface area contributed by atoms with Crippen molar-refractivity contribution in [2.75, 3.05) is 6.54 Å². The normalized spacial score (nSPS) is 11.8. The molecule has 0 bridgehead atoms. The standard InChI is InChI=1S/C17H19BrN2O3/c1-10-4-5-11(2)13(8-10)12(3)20-16(21)9-19-17(22)14-6-7-15(18)23-14/h4-8,12H,9H2,1-3H3,(H,19,22)(H,20,21). The van der Waals surface area contributed by atoms with Gasteiger partial charge in [-0.15, -0.1) is 0 Å². The minimum absolute atomic E-state index is 0.105. The van der Waals surface area contributed by atoms with E-state index in [2.05, 4.69) is 32.6 Å². The molecule has 0 aliphatic carbocycles. The van der Waals surface area contributed by atoms with Gasteiger partial charge in [0.25, 0.3) is 5.91 Å². The van der Waals surface area contributed by atoms with Gasteiger partial charge in [0, 0.05) is 0 Å². The van der Waals surface area contributed by atoms with Gasteiger partial charge in [-0.2, -0.15) is 0 Å². The topological polar surface area (TPSA) is 71.3 Å². The number of carbonyl (C=O) groups excluding carboxylic acids is 2. The second kappa shape index (κ2) is 7.46. The highest BCUT2D eigenvalue weighted by Crippen LogP contribution is 2.18. The van der Waals surface area contributed by atoms with E-state index in [4.69, 9.17) is 4.42 Å². The number of rotatable bonds is 5. The molecule has 0 spiro atoms. The summed E-state index contributed by atoms with van der Waals surface area (Å²) in [7, 11) is 0. The van der Waals surface area contributed by atoms with Crippen LogP contribution in [0.15, 0.2) is 39.4 Å². The molecule has 2 aromatic rings. The second-order valence-corrected chi connectivity index (χ2v) is 6.22. The Morgan fingerprint density at radius 3 is 2.61 bits per heavy atom. The first kappa shape index (κ1) is 17.3. The molecule has 6 heteroatoms. The maximum atomic E-state index is 12.0. The lowest BCUT2D eigenvalue weighted by Crippen LogP contribution is -2.38. The molecule has 0 saturated carbocycles. The zero-order chi connectivity index (χ0) is 17.0. The lowest BCUT2D eigenvalue weighted by molar-refractivity contribution is -0.120. The summed E-state index contributed by atoms with van der Waals surface area (Å²) in [5.74, 6) is -0.519. The third-order valence-corrected chi connectivity index (χ3v) is 3.91. The van der Waals surface area contributed by atoms with Gasteiger partial charge in [-0.25, -0.2) is 0 Å². The SMILES string of the molecule is Cc1ccc(C)c(C(C)NC(=O)CNC(=O)c2ccc(Br)o2)c1. The molecule has 0 fully saturated rings. The number of hydrogen-bond donors (Lipinski definition) is 2. The summed E-state index contributed by atoms with van der Waals surface area (Å²) >= 11 is 3.13. The fraction of sp³-hybridized carbons (Fsp3) is 0.294. The Kier molecular flexibility index (Phi) is 5.60. The van der Waals surface area contributed by atoms with Crippen molar-refractivity contribution in [2.24, 2.45) is 0 Å². The number of benzene rings is 1. The van der Waals surface area contributed by atoms with Gasteiger partial charge in [-0.05, 0) is 60.0 Å². The van der Waals surface area contributed by atoms with Crippen molar-refractivity contribution < 1.29 is 14.0 Å². The minimum Gasteiger partial charge on any atom is -0.444 e. The highest BCUT2D eigenvalue weighted by Gasteiger charge is 2.15. The monoisotopic (exact) mass is 378 g/mol. The Morgan fingerprint density at radius 1 is 1.22 bits per heavy atom. The van der Waals surface area contributed by atoms with Gasteiger partial charge in [0.15, 0.2) is 10.4 Å². The predicted octanol–water partition coefficient (Wildman–Crippen LogP) is 3.27. The van der Waals surface area contributed by atoms with Crippen LogP contribution in [0, 0.1) is 13.8 Å². The Labute approximate surface area is 143 Å². The molecule has 23 heavy (non-hydrogen) atoms. The molecule has 5 nitrogen and oxygen atoms in total. The van der Waals surface area contributed by atoms with E-state index in [0.717, 1.165) is 16.7 Å². The summed E-state index contributed by atoms with van der Waals surface area (Å²) in [6.07, 6.45) is 0. The van der Waals surface area contributed by atoms with Crippen LogP contribution in [-0.4, -0.2) is 18.4 Å². The first-order valence-electron chi connectivity index (χ1n) is 7.27. The molecule has 0 aliphatic heterocycles. The molecule has 122 valence electrons. The zero-order valence-corrected chi connectivity index (χ0v) is 14.9. The van der Waals surface area contributed by atoms with Gasteiger partial charge in [-0.1, -0.05) is 23.8 Å². The van der Waals surface area contributed by atoms with Crippen molar-refractivity contribution in [3.8, 4) is 0 Å². The van der Waals surface area contributed by atoms with E-state index in [0.29, 0.717) is 4.67 Å². The number of amides is 2. The van der Waals surface area contributed by atoms with Crippen molar-refractivity contribution in [3.63, 3.8) is 0 Å². The lowest BCUT2D eigenvalue weighted by atomic mass is 10.00. The quantitative estimate of drug-likeness (QED) is 0.838. The number of aryl methyl sites for hydroxylation is 2. The molecule has 0 radical (unpaired) electrons. The molecule has 2 rings (SSSR count). The first-order chi connectivity index (χ1) is 10.9. The largest absolute Gasteiger partial charge is 0.444 e. The number of furan rings is 1. The van der Waals surface area contributed by atoms with Gasteiger partial charge in [0.2, 0.25) is 5.91 Å². The van der Waals surface area contributed by atoms with Crippen LogP contribution >= 0.6 is 15.9 Å². The van der Waals surface area contributed by atoms with Crippen molar-refractivity contribution in [3.05, 3.63) is 57.5 Å². The van der Waals surface area contributed by atoms with Crippen LogP contribution in [-0.2, 0) is 4.79 Å². The van der Waals surface area contributed by atoms with E-state index in [9.17, 15) is 9.59 Å². The highest BCUT2D eigenvalue weighted by molar-refractivity contribution is 9.10. The van der Waals surface area contributed by atoms with E-state index >= 15 is 0 Å². The molecule has 1 aromatic heterocycles. The van der Waals surface area contributed by atoms with Gasteiger partial charge in [0.1, 0.15) is 0 Å². The number of hydrogen-bond acceptors (Lipinski definition) is 3. The average molecular weight is 379 g/mol. The molecular formula is C17H19BrN2O3. The zero-order valence-electron chi connectivity index (χ0n) is 13.3. The second-order valence-electron chi connectivity index (χ2n) is 5.44. The number of halogens is 1. The summed E-state index contributed by atoms with van der Waals surface area (Å²) in [5, 5.41) is 5.41. The Bertz CT molecular complexity index is 724. The Balaban J connectivity index is 1.89. The van der Waals surface area contributed by atoms with Crippen molar-refractivity contribution in [1.82, 2.24) is 10.6 Å². The molecule has 1 heterocycles. The molecule has 1 aromatic carbocycles. The van der Waals surface area contributed by atoms with Gasteiger partial charge in [-0.3, -0.25) is 9.59 Å². The minimum atomic E-state index is -0.426. The van der Waals surface area contributed by atoms with Crippen molar-refractivity contribution in [2.45, 2.75) is 26.8 Å². The summed E-state index contributed by atoms with van der Waals surface area (Å²) < 4.78 is 5.60. The maximum absolute atomic E-state index is 12.0. The van der Waals surface area contributed by atoms with Crippen LogP contribution in [0.25, 0.3) is 0 Å². The van der Waals surface area contributed by atoms with Crippen LogP contribution in [0.4, 0.5) is 0 Å². The fourth-order valence-electron chi connectivity index (χ4n) is 2.28. The van der Waals surface area contributed by atoms with Crippen LogP contribution in [0.2, 0.25) is 0 Å². The summed E-state index contributed by atoms with van der Waals surface area (Å²) in [6, 6.07) is 9.16. The lowest BCUT2D eigenvalue weighted by Gasteiger charge is -2.17. The third kappa shape index (κ3) is 4.69. The molecule has 0 aliphatic rings. The average Bonchev–Trinajstić information content (AvgIpc) is 2.93. The maximum Gasteiger partial charge on any atom is 0.287 e. The van der Waals surface area contributed by atoms with E-state index in [-0.39, 0.29) is 24.3 Å². The Morgan fingerprint density at radius 2 is 1.96 bits per heavy atom. The molecule has 2 amide bonds. The van der Waals surface area contributed by atoms with Crippen LogP contribution in [0.3, 0.4) is 0 Å². The summed E-state index contributed by atoms with van der Waals surface area (Å²) in [6.45, 7) is 5.84. The first-order valence-corrected chi connectivity index (χ1v) is 8.06. The van der Waals surface area contributed by atoms with Crippen molar-refractivity contribution >= 4 is 27.7 Å². The third-order valence-electron chi connectivity index (χ3n) is 3.49. The Hall–Kier alpha value is -2.08. The van der Waals surface area contributed by atoms with E-state index in [1.807, 2.05) is 32.9 Å². The van der Waals surface area contributed by atoms with E-state index in [1.54, 1.807) is 6.07 Å². The van der Waals surface area contributed by atoms with Crippen LogP contribution < -0.4 is 10.6 Å². The van der Waals surface area contributed by atoms with Gasteiger partial charge in [0.05, 0.1) is 12.6 Å². The van der Waals surface area contributed by atoms with Crippen molar-refractivity contribution in [1.29, 1.82) is 0 Å². The molecule has 1 atom stereocenters. The molecule has 2 N–H and O–H groups in total. The van der Waals surface area contributed by atoms with Gasteiger partial charge >= 0.3 is 0 Å². The predicted molar refractivity (Wildman–Crippen MR) is 91.2 cm³/mol. The van der Waals surface area contributed by atoms with Crippen LogP contribution in [0.1, 0.15) is 40.2 Å². The fourth-order valence-corrected chi connectivity index (χ4v) is 2.59.